The average molecular weight is 236 g/mol. The van der Waals surface area contributed by atoms with Gasteiger partial charge in [0.1, 0.15) is 0 Å². The molecular formula is C17H16O. The molecule has 2 atom stereocenters. The minimum Gasteiger partial charge on any atom is -0.294 e. The highest BCUT2D eigenvalue weighted by atomic mass is 16.1. The van der Waals surface area contributed by atoms with Crippen molar-refractivity contribution in [3.8, 4) is 0 Å². The topological polar surface area (TPSA) is 17.1 Å². The molecule has 0 spiro atoms. The zero-order valence-corrected chi connectivity index (χ0v) is 10.5. The third-order valence-electron chi connectivity index (χ3n) is 3.90. The Morgan fingerprint density at radius 3 is 2.33 bits per heavy atom. The van der Waals surface area contributed by atoms with Crippen molar-refractivity contribution in [2.45, 2.75) is 19.3 Å². The molecule has 2 aromatic carbocycles. The van der Waals surface area contributed by atoms with Crippen molar-refractivity contribution in [1.82, 2.24) is 0 Å². The van der Waals surface area contributed by atoms with Gasteiger partial charge in [0.05, 0.1) is 0 Å². The highest BCUT2D eigenvalue weighted by molar-refractivity contribution is 6.03. The molecule has 0 N–H and O–H groups in total. The van der Waals surface area contributed by atoms with Gasteiger partial charge in [-0.05, 0) is 17.5 Å². The van der Waals surface area contributed by atoms with E-state index < -0.39 is 0 Å². The van der Waals surface area contributed by atoms with E-state index in [0.717, 1.165) is 12.0 Å². The summed E-state index contributed by atoms with van der Waals surface area (Å²) in [5.74, 6) is 0.645. The first-order valence-electron chi connectivity index (χ1n) is 6.51. The summed E-state index contributed by atoms with van der Waals surface area (Å²) in [5, 5.41) is 0. The lowest BCUT2D eigenvalue weighted by Gasteiger charge is -2.18. The van der Waals surface area contributed by atoms with Crippen molar-refractivity contribution >= 4 is 5.78 Å². The second-order valence-corrected chi connectivity index (χ2v) is 4.85. The number of Topliss-reactive ketones (excluding diaryl/α,β-unsaturated/α-hetero) is 1. The van der Waals surface area contributed by atoms with E-state index in [4.69, 9.17) is 0 Å². The smallest absolute Gasteiger partial charge is 0.167 e. The molecule has 18 heavy (non-hydrogen) atoms. The van der Waals surface area contributed by atoms with Gasteiger partial charge in [-0.1, -0.05) is 61.5 Å². The normalized spacial score (nSPS) is 21.9. The molecule has 2 aromatic rings. The monoisotopic (exact) mass is 236 g/mol. The fraction of sp³-hybridized carbons (Fsp3) is 0.235. The van der Waals surface area contributed by atoms with Crippen LogP contribution in [0.3, 0.4) is 0 Å². The van der Waals surface area contributed by atoms with Crippen LogP contribution in [0.4, 0.5) is 0 Å². The predicted octanol–water partition coefficient (Wildman–Crippen LogP) is 4.04. The highest BCUT2D eigenvalue weighted by Crippen LogP contribution is 2.43. The standard InChI is InChI=1S/C17H16O/c1-2-13-16(12-8-4-3-5-9-12)14-10-6-7-11-15(14)17(13)18/h3-11,13,16H,2H2,1H3/t13-,16-/m1/s1. The van der Waals surface area contributed by atoms with Gasteiger partial charge < -0.3 is 0 Å². The zero-order valence-electron chi connectivity index (χ0n) is 10.5. The fourth-order valence-electron chi connectivity index (χ4n) is 3.05. The van der Waals surface area contributed by atoms with Crippen LogP contribution in [0.1, 0.15) is 40.7 Å². The van der Waals surface area contributed by atoms with E-state index in [1.165, 1.54) is 11.1 Å². The summed E-state index contributed by atoms with van der Waals surface area (Å²) in [6.07, 6.45) is 0.896. The SMILES string of the molecule is CC[C@H]1C(=O)c2ccccc2[C@@H]1c1ccccc1. The summed E-state index contributed by atoms with van der Waals surface area (Å²) in [6.45, 7) is 2.10. The van der Waals surface area contributed by atoms with Crippen molar-refractivity contribution in [2.75, 3.05) is 0 Å². The molecule has 0 unspecified atom stereocenters. The molecule has 0 saturated heterocycles. The first-order chi connectivity index (χ1) is 8.83. The number of carbonyl (C=O) groups excluding carboxylic acids is 1. The van der Waals surface area contributed by atoms with Crippen LogP contribution in [0, 0.1) is 5.92 Å². The summed E-state index contributed by atoms with van der Waals surface area (Å²) < 4.78 is 0. The lowest BCUT2D eigenvalue weighted by Crippen LogP contribution is -2.13. The molecule has 1 aliphatic rings. The Hall–Kier alpha value is -1.89. The van der Waals surface area contributed by atoms with Crippen LogP contribution in [0.2, 0.25) is 0 Å². The van der Waals surface area contributed by atoms with Crippen molar-refractivity contribution in [3.05, 3.63) is 71.3 Å². The van der Waals surface area contributed by atoms with E-state index in [1.807, 2.05) is 36.4 Å². The van der Waals surface area contributed by atoms with Gasteiger partial charge in [-0.2, -0.15) is 0 Å². The summed E-state index contributed by atoms with van der Waals surface area (Å²) >= 11 is 0. The molecule has 0 radical (unpaired) electrons. The van der Waals surface area contributed by atoms with Crippen LogP contribution in [-0.4, -0.2) is 5.78 Å². The summed E-state index contributed by atoms with van der Waals surface area (Å²) in [6, 6.07) is 18.4. The maximum Gasteiger partial charge on any atom is 0.167 e. The number of hydrogen-bond donors (Lipinski definition) is 0. The lowest BCUT2D eigenvalue weighted by molar-refractivity contribution is 0.0926. The van der Waals surface area contributed by atoms with Crippen LogP contribution in [0.15, 0.2) is 54.6 Å². The fourth-order valence-corrected chi connectivity index (χ4v) is 3.05. The molecule has 1 aliphatic carbocycles. The molecule has 0 aliphatic heterocycles. The third-order valence-corrected chi connectivity index (χ3v) is 3.90. The maximum atomic E-state index is 12.4. The third kappa shape index (κ3) is 1.59. The zero-order chi connectivity index (χ0) is 12.5. The van der Waals surface area contributed by atoms with Gasteiger partial charge in [0.25, 0.3) is 0 Å². The Bertz CT molecular complexity index is 571. The summed E-state index contributed by atoms with van der Waals surface area (Å²) in [7, 11) is 0. The Balaban J connectivity index is 2.16. The van der Waals surface area contributed by atoms with E-state index >= 15 is 0 Å². The quantitative estimate of drug-likeness (QED) is 0.769. The van der Waals surface area contributed by atoms with Crippen molar-refractivity contribution < 1.29 is 4.79 Å². The molecule has 0 amide bonds. The van der Waals surface area contributed by atoms with E-state index in [9.17, 15) is 4.79 Å². The average Bonchev–Trinajstić information content (AvgIpc) is 2.73. The molecule has 1 heteroatoms. The Morgan fingerprint density at radius 2 is 1.61 bits per heavy atom. The van der Waals surface area contributed by atoms with E-state index in [0.29, 0.717) is 5.78 Å². The first kappa shape index (κ1) is 11.2. The number of ketones is 1. The lowest BCUT2D eigenvalue weighted by atomic mass is 9.84. The number of fused-ring (bicyclic) bond motifs is 1. The van der Waals surface area contributed by atoms with Crippen LogP contribution in [0.5, 0.6) is 0 Å². The van der Waals surface area contributed by atoms with Gasteiger partial charge in [0.15, 0.2) is 5.78 Å². The molecule has 0 aromatic heterocycles. The summed E-state index contributed by atoms with van der Waals surface area (Å²) in [5.41, 5.74) is 3.36. The number of rotatable bonds is 2. The predicted molar refractivity (Wildman–Crippen MR) is 72.8 cm³/mol. The molecule has 3 rings (SSSR count). The number of carbonyl (C=O) groups is 1. The van der Waals surface area contributed by atoms with Gasteiger partial charge in [0.2, 0.25) is 0 Å². The van der Waals surface area contributed by atoms with E-state index in [2.05, 4.69) is 25.1 Å². The largest absolute Gasteiger partial charge is 0.294 e. The molecule has 0 fully saturated rings. The van der Waals surface area contributed by atoms with Crippen molar-refractivity contribution in [1.29, 1.82) is 0 Å². The second-order valence-electron chi connectivity index (χ2n) is 4.85. The van der Waals surface area contributed by atoms with Crippen LogP contribution in [-0.2, 0) is 0 Å². The summed E-state index contributed by atoms with van der Waals surface area (Å²) in [4.78, 5) is 12.4. The Kier molecular flexibility index (Phi) is 2.75. The molecular weight excluding hydrogens is 220 g/mol. The van der Waals surface area contributed by atoms with Crippen LogP contribution >= 0.6 is 0 Å². The van der Waals surface area contributed by atoms with Crippen molar-refractivity contribution in [3.63, 3.8) is 0 Å². The van der Waals surface area contributed by atoms with Crippen LogP contribution in [0.25, 0.3) is 0 Å². The molecule has 0 bridgehead atoms. The van der Waals surface area contributed by atoms with E-state index in [-0.39, 0.29) is 11.8 Å². The highest BCUT2D eigenvalue weighted by Gasteiger charge is 2.38. The van der Waals surface area contributed by atoms with E-state index in [1.54, 1.807) is 0 Å². The molecule has 90 valence electrons. The second kappa shape index (κ2) is 4.41. The molecule has 1 nitrogen and oxygen atoms in total. The minimum absolute atomic E-state index is 0.102. The van der Waals surface area contributed by atoms with Gasteiger partial charge in [-0.25, -0.2) is 0 Å². The van der Waals surface area contributed by atoms with Gasteiger partial charge in [-0.15, -0.1) is 0 Å². The maximum absolute atomic E-state index is 12.4. The van der Waals surface area contributed by atoms with Crippen LogP contribution < -0.4 is 0 Å². The van der Waals surface area contributed by atoms with Crippen molar-refractivity contribution in [2.24, 2.45) is 5.92 Å². The van der Waals surface area contributed by atoms with Gasteiger partial charge >= 0.3 is 0 Å². The molecule has 0 heterocycles. The molecule has 0 saturated carbocycles. The number of benzene rings is 2. The number of hydrogen-bond acceptors (Lipinski definition) is 1. The van der Waals surface area contributed by atoms with Gasteiger partial charge in [0, 0.05) is 17.4 Å². The van der Waals surface area contributed by atoms with Gasteiger partial charge in [-0.3, -0.25) is 4.79 Å². The Labute approximate surface area is 107 Å². The first-order valence-corrected chi connectivity index (χ1v) is 6.51. The Morgan fingerprint density at radius 1 is 0.944 bits per heavy atom. The minimum atomic E-state index is 0.102.